The minimum absolute atomic E-state index is 0.0425. The third-order valence-corrected chi connectivity index (χ3v) is 3.40. The van der Waals surface area contributed by atoms with Gasteiger partial charge in [-0.3, -0.25) is 4.98 Å². The summed E-state index contributed by atoms with van der Waals surface area (Å²) in [4.78, 5) is 4.18. The van der Waals surface area contributed by atoms with Crippen LogP contribution < -0.4 is 5.73 Å². The summed E-state index contributed by atoms with van der Waals surface area (Å²) < 4.78 is 23.9. The molecule has 0 amide bonds. The molecule has 122 valence electrons. The maximum atomic E-state index is 11.9. The number of nitrogens with zero attached hydrogens (tertiary/aromatic N) is 1. The third kappa shape index (κ3) is 5.44. The maximum absolute atomic E-state index is 11.9. The van der Waals surface area contributed by atoms with Crippen molar-refractivity contribution in [3.05, 3.63) is 65.5 Å². The lowest BCUT2D eigenvalue weighted by Gasteiger charge is -2.12. The van der Waals surface area contributed by atoms with E-state index in [4.69, 9.17) is 5.73 Å². The quantitative estimate of drug-likeness (QED) is 0.577. The Morgan fingerprint density at radius 1 is 1.04 bits per heavy atom. The van der Waals surface area contributed by atoms with Gasteiger partial charge >= 0.3 is 0 Å². The molecule has 1 aromatic carbocycles. The Morgan fingerprint density at radius 3 is 2.22 bits per heavy atom. The first-order chi connectivity index (χ1) is 11.1. The molecule has 0 fully saturated rings. The van der Waals surface area contributed by atoms with E-state index in [1.165, 1.54) is 12.1 Å². The zero-order valence-electron chi connectivity index (χ0n) is 12.7. The van der Waals surface area contributed by atoms with Gasteiger partial charge in [0, 0.05) is 12.2 Å². The van der Waals surface area contributed by atoms with Gasteiger partial charge in [-0.05, 0) is 43.0 Å². The number of aliphatic hydroxyl groups excluding tert-OH is 1. The van der Waals surface area contributed by atoms with Crippen LogP contribution in [0.2, 0.25) is 0 Å². The van der Waals surface area contributed by atoms with Gasteiger partial charge in [0.05, 0.1) is 11.8 Å². The summed E-state index contributed by atoms with van der Waals surface area (Å²) in [6, 6.07) is 8.92. The second-order valence-corrected chi connectivity index (χ2v) is 4.95. The summed E-state index contributed by atoms with van der Waals surface area (Å²) in [5.41, 5.74) is 7.74. The number of aliphatic hydroxyl groups is 1. The van der Waals surface area contributed by atoms with E-state index < -0.39 is 17.7 Å². The van der Waals surface area contributed by atoms with Gasteiger partial charge in [-0.15, -0.1) is 12.8 Å². The molecule has 0 unspecified atom stereocenters. The van der Waals surface area contributed by atoms with E-state index in [1.54, 1.807) is 6.20 Å². The molecule has 0 saturated heterocycles. The van der Waals surface area contributed by atoms with E-state index in [1.807, 2.05) is 12.1 Å². The van der Waals surface area contributed by atoms with Crippen LogP contribution in [0.3, 0.4) is 0 Å². The molecule has 1 heterocycles. The van der Waals surface area contributed by atoms with Crippen LogP contribution in [0.4, 0.5) is 8.78 Å². The molecule has 23 heavy (non-hydrogen) atoms. The Kier molecular flexibility index (Phi) is 7.89. The van der Waals surface area contributed by atoms with Gasteiger partial charge in [-0.25, -0.2) is 8.78 Å². The van der Waals surface area contributed by atoms with Crippen molar-refractivity contribution in [3.63, 3.8) is 0 Å². The monoisotopic (exact) mass is 318 g/mol. The van der Waals surface area contributed by atoms with E-state index in [2.05, 4.69) is 17.8 Å². The highest BCUT2D eigenvalue weighted by Gasteiger charge is 2.21. The van der Waals surface area contributed by atoms with Gasteiger partial charge in [0.2, 0.25) is 0 Å². The van der Waals surface area contributed by atoms with Crippen molar-refractivity contribution in [2.24, 2.45) is 5.73 Å². The number of rotatable bonds is 0. The summed E-state index contributed by atoms with van der Waals surface area (Å²) in [6.45, 7) is 0. The molecule has 1 aromatic heterocycles. The molecule has 0 spiro atoms. The van der Waals surface area contributed by atoms with Crippen molar-refractivity contribution < 1.29 is 13.9 Å². The topological polar surface area (TPSA) is 59.1 Å². The van der Waals surface area contributed by atoms with Crippen LogP contribution in [0.5, 0.6) is 0 Å². The normalized spacial score (nSPS) is 19.0. The lowest BCUT2D eigenvalue weighted by atomic mass is 10.0. The van der Waals surface area contributed by atoms with E-state index in [9.17, 15) is 13.9 Å². The number of pyridine rings is 1. The fourth-order valence-corrected chi connectivity index (χ4v) is 2.28. The van der Waals surface area contributed by atoms with Crippen LogP contribution in [0.25, 0.3) is 0 Å². The van der Waals surface area contributed by atoms with E-state index in [-0.39, 0.29) is 6.04 Å². The molecule has 0 bridgehead atoms. The smallest absolute Gasteiger partial charge is 0.158 e. The number of aromatic nitrogens is 1. The van der Waals surface area contributed by atoms with Gasteiger partial charge in [0.1, 0.15) is 0 Å². The predicted molar refractivity (Wildman–Crippen MR) is 86.2 cm³/mol. The highest BCUT2D eigenvalue weighted by Crippen LogP contribution is 2.31. The molecular weight excluding hydrogens is 298 g/mol. The maximum Gasteiger partial charge on any atom is 0.158 e. The molecule has 3 rings (SSSR count). The number of benzene rings is 1. The van der Waals surface area contributed by atoms with Crippen molar-refractivity contribution >= 4 is 0 Å². The molecule has 2 aromatic rings. The van der Waals surface area contributed by atoms with Crippen molar-refractivity contribution in [2.45, 2.75) is 31.4 Å². The lowest BCUT2D eigenvalue weighted by Crippen LogP contribution is -2.11. The first-order valence-electron chi connectivity index (χ1n) is 7.21. The van der Waals surface area contributed by atoms with Crippen LogP contribution in [0, 0.1) is 24.5 Å². The lowest BCUT2D eigenvalue weighted by molar-refractivity contribution is 0.162. The van der Waals surface area contributed by atoms with Crippen LogP contribution in [-0.2, 0) is 0 Å². The molecule has 1 aliphatic carbocycles. The average Bonchev–Trinajstić information content (AvgIpc) is 2.73. The van der Waals surface area contributed by atoms with Gasteiger partial charge in [-0.2, -0.15) is 0 Å². The van der Waals surface area contributed by atoms with Crippen LogP contribution in [-0.4, -0.2) is 10.1 Å². The predicted octanol–water partition coefficient (Wildman–Crippen LogP) is 3.51. The largest absolute Gasteiger partial charge is 0.387 e. The highest BCUT2D eigenvalue weighted by atomic mass is 19.2. The van der Waals surface area contributed by atoms with Crippen molar-refractivity contribution in [1.29, 1.82) is 0 Å². The summed E-state index contributed by atoms with van der Waals surface area (Å²) >= 11 is 0. The van der Waals surface area contributed by atoms with E-state index in [0.717, 1.165) is 42.7 Å². The Morgan fingerprint density at radius 2 is 1.65 bits per heavy atom. The van der Waals surface area contributed by atoms with Gasteiger partial charge in [0.25, 0.3) is 0 Å². The molecule has 3 N–H and O–H groups in total. The highest BCUT2D eigenvalue weighted by molar-refractivity contribution is 5.26. The number of hydrogen-bond acceptors (Lipinski definition) is 3. The SMILES string of the molecule is C#C.Fc1ccccc1F.N[C@H]1CCC[C@@H](O)c2ncccc21. The Bertz CT molecular complexity index is 581. The van der Waals surface area contributed by atoms with Gasteiger partial charge in [0.15, 0.2) is 11.6 Å². The molecule has 5 heteroatoms. The summed E-state index contributed by atoms with van der Waals surface area (Å²) in [6.07, 6.45) is 12.0. The number of fused-ring (bicyclic) bond motifs is 1. The third-order valence-electron chi connectivity index (χ3n) is 3.40. The number of nitrogens with two attached hydrogens (primary N) is 1. The molecule has 3 nitrogen and oxygen atoms in total. The fraction of sp³-hybridized carbons (Fsp3) is 0.278. The van der Waals surface area contributed by atoms with Crippen LogP contribution >= 0.6 is 0 Å². The molecule has 1 aliphatic rings. The molecule has 0 radical (unpaired) electrons. The second kappa shape index (κ2) is 9.67. The minimum atomic E-state index is -0.799. The zero-order valence-corrected chi connectivity index (χ0v) is 12.7. The van der Waals surface area contributed by atoms with Crippen LogP contribution in [0.1, 0.15) is 42.7 Å². The minimum Gasteiger partial charge on any atom is -0.387 e. The van der Waals surface area contributed by atoms with Crippen molar-refractivity contribution in [3.8, 4) is 12.8 Å². The van der Waals surface area contributed by atoms with Crippen LogP contribution in [0.15, 0.2) is 42.6 Å². The molecule has 2 atom stereocenters. The fourth-order valence-electron chi connectivity index (χ4n) is 2.28. The Labute approximate surface area is 135 Å². The summed E-state index contributed by atoms with van der Waals surface area (Å²) in [7, 11) is 0. The number of terminal acetylenes is 1. The van der Waals surface area contributed by atoms with Gasteiger partial charge < -0.3 is 10.8 Å². The Balaban J connectivity index is 0.000000228. The Hall–Kier alpha value is -2.29. The first-order valence-corrected chi connectivity index (χ1v) is 7.21. The summed E-state index contributed by atoms with van der Waals surface area (Å²) in [5, 5.41) is 9.74. The van der Waals surface area contributed by atoms with Crippen molar-refractivity contribution in [2.75, 3.05) is 0 Å². The van der Waals surface area contributed by atoms with E-state index >= 15 is 0 Å². The average molecular weight is 318 g/mol. The standard InChI is InChI=1S/C10H14N2O.C6H4F2.C2H2/c11-8-4-1-5-9(13)10-7(8)3-2-6-12-10;7-5-3-1-2-4-6(5)8;1-2/h2-3,6,8-9,13H,1,4-5,11H2;1-4H;1-2H/t8-,9+;;/m0../s1. The van der Waals surface area contributed by atoms with E-state index in [0.29, 0.717) is 0 Å². The first kappa shape index (κ1) is 18.8. The summed E-state index contributed by atoms with van der Waals surface area (Å²) in [5.74, 6) is -1.60. The number of halogens is 2. The van der Waals surface area contributed by atoms with Gasteiger partial charge in [-0.1, -0.05) is 18.2 Å². The second-order valence-electron chi connectivity index (χ2n) is 4.95. The molecule has 0 aliphatic heterocycles. The number of hydrogen-bond donors (Lipinski definition) is 2. The van der Waals surface area contributed by atoms with Crippen molar-refractivity contribution in [1.82, 2.24) is 4.98 Å². The molecule has 0 saturated carbocycles. The molecular formula is C18H20F2N2O. The zero-order chi connectivity index (χ0) is 17.2.